The van der Waals surface area contributed by atoms with Crippen LogP contribution in [0.2, 0.25) is 0 Å². The lowest BCUT2D eigenvalue weighted by atomic mass is 9.74. The Balaban J connectivity index is 1.92. The molecule has 2 unspecified atom stereocenters. The van der Waals surface area contributed by atoms with Crippen LogP contribution in [-0.2, 0) is 16.0 Å². The van der Waals surface area contributed by atoms with Gasteiger partial charge in [0.25, 0.3) is 0 Å². The van der Waals surface area contributed by atoms with Crippen molar-refractivity contribution < 1.29 is 19.1 Å². The van der Waals surface area contributed by atoms with Gasteiger partial charge in [0, 0.05) is 6.42 Å². The number of amides is 1. The van der Waals surface area contributed by atoms with E-state index < -0.39 is 17.4 Å². The third kappa shape index (κ3) is 3.40. The summed E-state index contributed by atoms with van der Waals surface area (Å²) >= 11 is 0. The maximum Gasteiger partial charge on any atom is 0.308 e. The Kier molecular flexibility index (Phi) is 4.47. The lowest BCUT2D eigenvalue weighted by Gasteiger charge is -2.39. The van der Waals surface area contributed by atoms with Crippen LogP contribution in [0.3, 0.4) is 0 Å². The molecule has 1 aromatic heterocycles. The van der Waals surface area contributed by atoms with E-state index in [2.05, 4.69) is 5.32 Å². The summed E-state index contributed by atoms with van der Waals surface area (Å²) < 4.78 is 4.96. The van der Waals surface area contributed by atoms with Gasteiger partial charge in [0.1, 0.15) is 0 Å². The number of carboxylic acid groups (broad SMARTS) is 1. The number of furan rings is 1. The first-order valence-electron chi connectivity index (χ1n) is 7.06. The van der Waals surface area contributed by atoms with Crippen LogP contribution in [0.4, 0.5) is 0 Å². The van der Waals surface area contributed by atoms with Gasteiger partial charge in [-0.2, -0.15) is 0 Å². The fraction of sp³-hybridized carbons (Fsp3) is 0.600. The summed E-state index contributed by atoms with van der Waals surface area (Å²) in [5, 5.41) is 12.2. The number of carbonyl (C=O) groups is 2. The van der Waals surface area contributed by atoms with E-state index >= 15 is 0 Å². The molecular formula is C15H21NO4. The Labute approximate surface area is 118 Å². The molecule has 2 N–H and O–H groups in total. The fourth-order valence-corrected chi connectivity index (χ4v) is 2.95. The molecule has 5 nitrogen and oxygen atoms in total. The third-order valence-electron chi connectivity index (χ3n) is 4.15. The summed E-state index contributed by atoms with van der Waals surface area (Å²) in [7, 11) is 0. The van der Waals surface area contributed by atoms with Gasteiger partial charge in [-0.05, 0) is 37.8 Å². The highest BCUT2D eigenvalue weighted by Gasteiger charge is 2.41. The van der Waals surface area contributed by atoms with Crippen molar-refractivity contribution in [2.75, 3.05) is 0 Å². The van der Waals surface area contributed by atoms with Gasteiger partial charge in [-0.15, -0.1) is 0 Å². The van der Waals surface area contributed by atoms with Crippen LogP contribution < -0.4 is 5.32 Å². The van der Waals surface area contributed by atoms with Crippen molar-refractivity contribution in [1.29, 1.82) is 0 Å². The highest BCUT2D eigenvalue weighted by atomic mass is 16.4. The minimum atomic E-state index is -0.817. The van der Waals surface area contributed by atoms with Crippen LogP contribution in [0.1, 0.15) is 44.6 Å². The Morgan fingerprint density at radius 3 is 2.95 bits per heavy atom. The predicted molar refractivity (Wildman–Crippen MR) is 73.2 cm³/mol. The molecule has 2 rings (SSSR count). The molecule has 0 bridgehead atoms. The predicted octanol–water partition coefficient (Wildman–Crippen LogP) is 2.36. The Bertz CT molecular complexity index is 468. The second-order valence-electron chi connectivity index (χ2n) is 5.73. The van der Waals surface area contributed by atoms with Crippen LogP contribution in [0.25, 0.3) is 0 Å². The lowest BCUT2D eigenvalue weighted by molar-refractivity contribution is -0.146. The third-order valence-corrected chi connectivity index (χ3v) is 4.15. The van der Waals surface area contributed by atoms with Gasteiger partial charge < -0.3 is 14.8 Å². The standard InChI is InChI=1S/C15H21NO4/c1-15(8-3-2-4-12(15)14(18)19)16-13(17)6-5-11-7-9-20-10-11/h7,9-10,12H,2-6,8H2,1H3,(H,16,17)(H,18,19). The van der Waals surface area contributed by atoms with Gasteiger partial charge in [0.05, 0.1) is 24.0 Å². The van der Waals surface area contributed by atoms with Gasteiger partial charge in [-0.25, -0.2) is 0 Å². The van der Waals surface area contributed by atoms with E-state index in [4.69, 9.17) is 4.42 Å². The maximum atomic E-state index is 12.0. The maximum absolute atomic E-state index is 12.0. The van der Waals surface area contributed by atoms with Crippen molar-refractivity contribution in [3.63, 3.8) is 0 Å². The first-order chi connectivity index (χ1) is 9.51. The zero-order valence-corrected chi connectivity index (χ0v) is 11.7. The number of hydrogen-bond acceptors (Lipinski definition) is 3. The second kappa shape index (κ2) is 6.11. The molecule has 110 valence electrons. The summed E-state index contributed by atoms with van der Waals surface area (Å²) in [6.45, 7) is 1.85. The molecular weight excluding hydrogens is 258 g/mol. The van der Waals surface area contributed by atoms with E-state index in [1.165, 1.54) is 0 Å². The van der Waals surface area contributed by atoms with Gasteiger partial charge >= 0.3 is 5.97 Å². The van der Waals surface area contributed by atoms with E-state index in [0.717, 1.165) is 24.8 Å². The van der Waals surface area contributed by atoms with Crippen molar-refractivity contribution in [1.82, 2.24) is 5.32 Å². The molecule has 0 radical (unpaired) electrons. The average molecular weight is 279 g/mol. The van der Waals surface area contributed by atoms with E-state index in [0.29, 0.717) is 19.3 Å². The summed E-state index contributed by atoms with van der Waals surface area (Å²) in [6, 6.07) is 1.83. The largest absolute Gasteiger partial charge is 0.481 e. The Morgan fingerprint density at radius 2 is 2.30 bits per heavy atom. The quantitative estimate of drug-likeness (QED) is 0.867. The fourth-order valence-electron chi connectivity index (χ4n) is 2.95. The number of hydrogen-bond donors (Lipinski definition) is 2. The highest BCUT2D eigenvalue weighted by molar-refractivity contribution is 5.79. The molecule has 0 saturated heterocycles. The molecule has 1 aliphatic carbocycles. The highest BCUT2D eigenvalue weighted by Crippen LogP contribution is 2.33. The minimum Gasteiger partial charge on any atom is -0.481 e. The first kappa shape index (κ1) is 14.6. The molecule has 1 fully saturated rings. The Hall–Kier alpha value is -1.78. The monoisotopic (exact) mass is 279 g/mol. The van der Waals surface area contributed by atoms with Crippen molar-refractivity contribution in [2.24, 2.45) is 5.92 Å². The van der Waals surface area contributed by atoms with E-state index in [9.17, 15) is 14.7 Å². The zero-order valence-electron chi connectivity index (χ0n) is 11.7. The molecule has 2 atom stereocenters. The van der Waals surface area contributed by atoms with Crippen LogP contribution in [0.15, 0.2) is 23.0 Å². The van der Waals surface area contributed by atoms with Gasteiger partial charge in [-0.3, -0.25) is 9.59 Å². The van der Waals surface area contributed by atoms with Gasteiger partial charge in [-0.1, -0.05) is 12.8 Å². The van der Waals surface area contributed by atoms with Crippen molar-refractivity contribution in [3.05, 3.63) is 24.2 Å². The molecule has 1 aliphatic rings. The molecule has 0 spiro atoms. The summed E-state index contributed by atoms with van der Waals surface area (Å²) in [5.74, 6) is -1.40. The normalized spacial score (nSPS) is 26.1. The molecule has 0 aromatic carbocycles. The lowest BCUT2D eigenvalue weighted by Crippen LogP contribution is -2.55. The number of rotatable bonds is 5. The van der Waals surface area contributed by atoms with Gasteiger partial charge in [0.15, 0.2) is 0 Å². The molecule has 1 heterocycles. The average Bonchev–Trinajstić information content (AvgIpc) is 2.89. The van der Waals surface area contributed by atoms with E-state index in [-0.39, 0.29) is 5.91 Å². The SMILES string of the molecule is CC1(NC(=O)CCc2ccoc2)CCCCC1C(=O)O. The first-order valence-corrected chi connectivity index (χ1v) is 7.06. The molecule has 0 aliphatic heterocycles. The van der Waals surface area contributed by atoms with Crippen LogP contribution in [0.5, 0.6) is 0 Å². The number of carboxylic acids is 1. The Morgan fingerprint density at radius 1 is 1.50 bits per heavy atom. The van der Waals surface area contributed by atoms with Crippen molar-refractivity contribution in [3.8, 4) is 0 Å². The smallest absolute Gasteiger partial charge is 0.308 e. The number of aliphatic carboxylic acids is 1. The minimum absolute atomic E-state index is 0.0955. The number of nitrogens with one attached hydrogen (secondary N) is 1. The van der Waals surface area contributed by atoms with Crippen LogP contribution in [0, 0.1) is 5.92 Å². The van der Waals surface area contributed by atoms with E-state index in [1.54, 1.807) is 12.5 Å². The topological polar surface area (TPSA) is 79.5 Å². The second-order valence-corrected chi connectivity index (χ2v) is 5.73. The summed E-state index contributed by atoms with van der Waals surface area (Å²) in [4.78, 5) is 23.4. The van der Waals surface area contributed by atoms with Crippen molar-refractivity contribution >= 4 is 11.9 Å². The number of carbonyl (C=O) groups excluding carboxylic acids is 1. The van der Waals surface area contributed by atoms with Crippen molar-refractivity contribution in [2.45, 2.75) is 51.0 Å². The zero-order chi connectivity index (χ0) is 14.6. The van der Waals surface area contributed by atoms with Crippen LogP contribution in [-0.4, -0.2) is 22.5 Å². The van der Waals surface area contributed by atoms with Crippen LogP contribution >= 0.6 is 0 Å². The summed E-state index contributed by atoms with van der Waals surface area (Å²) in [6.07, 6.45) is 7.39. The molecule has 5 heteroatoms. The molecule has 1 saturated carbocycles. The summed E-state index contributed by atoms with van der Waals surface area (Å²) in [5.41, 5.74) is 0.348. The molecule has 20 heavy (non-hydrogen) atoms. The number of aryl methyl sites for hydroxylation is 1. The molecule has 1 aromatic rings. The van der Waals surface area contributed by atoms with Gasteiger partial charge in [0.2, 0.25) is 5.91 Å². The molecule has 1 amide bonds. The van der Waals surface area contributed by atoms with E-state index in [1.807, 2.05) is 13.0 Å².